The molecule has 1 atom stereocenters. The van der Waals surface area contributed by atoms with Crippen LogP contribution in [0.2, 0.25) is 0 Å². The van der Waals surface area contributed by atoms with Crippen molar-refractivity contribution in [1.82, 2.24) is 4.90 Å². The number of benzene rings is 1. The van der Waals surface area contributed by atoms with Gasteiger partial charge in [0.2, 0.25) is 5.91 Å². The predicted octanol–water partition coefficient (Wildman–Crippen LogP) is 2.15. The van der Waals surface area contributed by atoms with Crippen LogP contribution >= 0.6 is 11.8 Å². The van der Waals surface area contributed by atoms with Gasteiger partial charge in [-0.05, 0) is 30.9 Å². The van der Waals surface area contributed by atoms with E-state index in [2.05, 4.69) is 16.6 Å². The Bertz CT molecular complexity index is 746. The fourth-order valence-corrected chi connectivity index (χ4v) is 4.93. The first-order chi connectivity index (χ1) is 11.0. The van der Waals surface area contributed by atoms with Crippen LogP contribution in [0.3, 0.4) is 0 Å². The summed E-state index contributed by atoms with van der Waals surface area (Å²) in [7, 11) is -3.69. The lowest BCUT2D eigenvalue weighted by Crippen LogP contribution is -2.40. The third kappa shape index (κ3) is 3.69. The molecule has 124 valence electrons. The van der Waals surface area contributed by atoms with E-state index in [4.69, 9.17) is 0 Å². The maximum atomic E-state index is 12.3. The van der Waals surface area contributed by atoms with Gasteiger partial charge in [0, 0.05) is 13.1 Å². The van der Waals surface area contributed by atoms with E-state index < -0.39 is 10.0 Å². The zero-order valence-corrected chi connectivity index (χ0v) is 14.5. The van der Waals surface area contributed by atoms with Gasteiger partial charge >= 0.3 is 0 Å². The van der Waals surface area contributed by atoms with Gasteiger partial charge in [-0.25, -0.2) is 0 Å². The molecule has 1 amide bonds. The smallest absolute Gasteiger partial charge is 0.286 e. The number of fused-ring (bicyclic) bond motifs is 1. The number of rotatable bonds is 2. The molecule has 0 radical (unpaired) electrons. The first-order valence-corrected chi connectivity index (χ1v) is 10.00. The number of thioether (sulfide) groups is 1. The topological polar surface area (TPSA) is 78.8 Å². The fourth-order valence-electron chi connectivity index (χ4n) is 2.79. The first-order valence-electron chi connectivity index (χ1n) is 7.57. The van der Waals surface area contributed by atoms with Crippen LogP contribution in [0.5, 0.6) is 0 Å². The number of carbonyl (C=O) groups is 1. The van der Waals surface area contributed by atoms with Gasteiger partial charge in [-0.1, -0.05) is 30.8 Å². The highest BCUT2D eigenvalue weighted by Crippen LogP contribution is 2.29. The van der Waals surface area contributed by atoms with Crippen molar-refractivity contribution in [2.45, 2.75) is 24.7 Å². The van der Waals surface area contributed by atoms with Crippen LogP contribution in [-0.2, 0) is 14.8 Å². The number of likely N-dealkylation sites (tertiary alicyclic amines) is 1. The minimum atomic E-state index is -3.69. The zero-order valence-electron chi connectivity index (χ0n) is 12.9. The number of nitrogens with one attached hydrogen (secondary N) is 1. The van der Waals surface area contributed by atoms with E-state index in [0.29, 0.717) is 11.6 Å². The van der Waals surface area contributed by atoms with Crippen molar-refractivity contribution in [3.63, 3.8) is 0 Å². The number of piperidine rings is 1. The standard InChI is InChI=1S/C15H19N3O3S2/c1-11-5-4-8-18(9-11)14(19)10-22-15-16-12-6-2-3-7-13(12)23(20,21)17-15/h2-3,6-7,11H,4-5,8-10H2,1H3,(H,16,17). The average Bonchev–Trinajstić information content (AvgIpc) is 2.52. The maximum Gasteiger partial charge on any atom is 0.286 e. The van der Waals surface area contributed by atoms with Gasteiger partial charge < -0.3 is 10.2 Å². The molecule has 1 fully saturated rings. The average molecular weight is 353 g/mol. The molecule has 2 heterocycles. The second-order valence-corrected chi connectivity index (χ2v) is 8.41. The summed E-state index contributed by atoms with van der Waals surface area (Å²) in [5.41, 5.74) is 0.504. The van der Waals surface area contributed by atoms with Gasteiger partial charge in [-0.3, -0.25) is 4.79 Å². The van der Waals surface area contributed by atoms with Crippen molar-refractivity contribution in [2.75, 3.05) is 24.2 Å². The molecular weight excluding hydrogens is 334 g/mol. The summed E-state index contributed by atoms with van der Waals surface area (Å²) < 4.78 is 28.0. The molecule has 6 nitrogen and oxygen atoms in total. The Hall–Kier alpha value is -1.54. The summed E-state index contributed by atoms with van der Waals surface area (Å²) in [6.45, 7) is 3.70. The molecule has 3 rings (SSSR count). The van der Waals surface area contributed by atoms with Crippen molar-refractivity contribution in [2.24, 2.45) is 10.3 Å². The van der Waals surface area contributed by atoms with E-state index in [0.717, 1.165) is 37.7 Å². The van der Waals surface area contributed by atoms with Crippen LogP contribution in [0.1, 0.15) is 19.8 Å². The van der Waals surface area contributed by atoms with E-state index in [-0.39, 0.29) is 21.7 Å². The van der Waals surface area contributed by atoms with Crippen molar-refractivity contribution >= 4 is 38.5 Å². The van der Waals surface area contributed by atoms with E-state index in [1.807, 2.05) is 4.90 Å². The number of nitrogens with zero attached hydrogens (tertiary/aromatic N) is 2. The lowest BCUT2D eigenvalue weighted by Gasteiger charge is -2.31. The number of sulfonamides is 1. The summed E-state index contributed by atoms with van der Waals surface area (Å²) in [4.78, 5) is 14.3. The number of hydrogen-bond acceptors (Lipinski definition) is 5. The van der Waals surface area contributed by atoms with Gasteiger partial charge in [-0.15, -0.1) is 4.40 Å². The Balaban J connectivity index is 1.65. The fraction of sp³-hybridized carbons (Fsp3) is 0.467. The molecule has 1 aromatic rings. The molecule has 0 saturated carbocycles. The summed E-state index contributed by atoms with van der Waals surface area (Å²) >= 11 is 1.13. The number of para-hydroxylation sites is 1. The molecule has 8 heteroatoms. The summed E-state index contributed by atoms with van der Waals surface area (Å²) in [6, 6.07) is 6.63. The molecule has 1 saturated heterocycles. The second-order valence-electron chi connectivity index (χ2n) is 5.87. The number of amides is 1. The molecule has 0 spiro atoms. The Labute approximate surface area is 140 Å². The lowest BCUT2D eigenvalue weighted by molar-refractivity contribution is -0.129. The van der Waals surface area contributed by atoms with Crippen molar-refractivity contribution in [3.8, 4) is 0 Å². The van der Waals surface area contributed by atoms with Crippen molar-refractivity contribution in [1.29, 1.82) is 0 Å². The predicted molar refractivity (Wildman–Crippen MR) is 92.1 cm³/mol. The highest BCUT2D eigenvalue weighted by molar-refractivity contribution is 8.15. The highest BCUT2D eigenvalue weighted by atomic mass is 32.2. The van der Waals surface area contributed by atoms with Gasteiger partial charge in [0.25, 0.3) is 10.0 Å². The Kier molecular flexibility index (Phi) is 4.63. The lowest BCUT2D eigenvalue weighted by atomic mass is 10.0. The highest BCUT2D eigenvalue weighted by Gasteiger charge is 2.26. The SMILES string of the molecule is CC1CCCN(C(=O)CSC2=NS(=O)(=O)c3ccccc3N2)C1. The Morgan fingerprint density at radius 2 is 2.22 bits per heavy atom. The normalized spacial score (nSPS) is 22.7. The van der Waals surface area contributed by atoms with E-state index >= 15 is 0 Å². The van der Waals surface area contributed by atoms with Crippen LogP contribution in [0.15, 0.2) is 33.6 Å². The molecule has 0 aliphatic carbocycles. The van der Waals surface area contributed by atoms with E-state index in [9.17, 15) is 13.2 Å². The largest absolute Gasteiger partial charge is 0.342 e. The molecule has 2 aliphatic rings. The Morgan fingerprint density at radius 1 is 1.43 bits per heavy atom. The molecule has 23 heavy (non-hydrogen) atoms. The van der Waals surface area contributed by atoms with Crippen molar-refractivity contribution in [3.05, 3.63) is 24.3 Å². The summed E-state index contributed by atoms with van der Waals surface area (Å²) in [6.07, 6.45) is 2.18. The van der Waals surface area contributed by atoms with E-state index in [1.165, 1.54) is 6.07 Å². The van der Waals surface area contributed by atoms with Crippen LogP contribution < -0.4 is 5.32 Å². The zero-order chi connectivity index (χ0) is 16.4. The second kappa shape index (κ2) is 6.52. The number of anilines is 1. The number of hydrogen-bond donors (Lipinski definition) is 1. The molecule has 1 unspecified atom stereocenters. The molecule has 0 aromatic heterocycles. The monoisotopic (exact) mass is 353 g/mol. The number of carbonyl (C=O) groups excluding carboxylic acids is 1. The van der Waals surface area contributed by atoms with E-state index in [1.54, 1.807) is 18.2 Å². The van der Waals surface area contributed by atoms with Crippen LogP contribution in [0.25, 0.3) is 0 Å². The first kappa shape index (κ1) is 16.3. The maximum absolute atomic E-state index is 12.3. The summed E-state index contributed by atoms with van der Waals surface area (Å²) in [5.74, 6) is 0.744. The molecule has 2 aliphatic heterocycles. The van der Waals surface area contributed by atoms with Crippen molar-refractivity contribution < 1.29 is 13.2 Å². The van der Waals surface area contributed by atoms with Gasteiger partial charge in [0.1, 0.15) is 4.90 Å². The minimum Gasteiger partial charge on any atom is -0.342 e. The van der Waals surface area contributed by atoms with Crippen LogP contribution in [0.4, 0.5) is 5.69 Å². The van der Waals surface area contributed by atoms with Gasteiger partial charge in [-0.2, -0.15) is 8.42 Å². The Morgan fingerprint density at radius 3 is 3.00 bits per heavy atom. The molecule has 1 N–H and O–H groups in total. The van der Waals surface area contributed by atoms with Gasteiger partial charge in [0.05, 0.1) is 11.4 Å². The summed E-state index contributed by atoms with van der Waals surface area (Å²) in [5, 5.41) is 3.23. The van der Waals surface area contributed by atoms with Crippen LogP contribution in [0, 0.1) is 5.92 Å². The third-order valence-electron chi connectivity index (χ3n) is 3.95. The third-order valence-corrected chi connectivity index (χ3v) is 6.26. The molecule has 0 bridgehead atoms. The van der Waals surface area contributed by atoms with Gasteiger partial charge in [0.15, 0.2) is 5.17 Å². The van der Waals surface area contributed by atoms with Crippen LogP contribution in [-0.4, -0.2) is 43.2 Å². The molecular formula is C15H19N3O3S2. The molecule has 1 aromatic carbocycles. The number of amidine groups is 1. The minimum absolute atomic E-state index is 0.0299. The quantitative estimate of drug-likeness (QED) is 0.881.